The van der Waals surface area contributed by atoms with E-state index in [1.54, 1.807) is 0 Å². The van der Waals surface area contributed by atoms with Crippen molar-refractivity contribution in [2.75, 3.05) is 32.4 Å². The van der Waals surface area contributed by atoms with Gasteiger partial charge in [-0.3, -0.25) is 14.9 Å². The Hall–Kier alpha value is -2.90. The van der Waals surface area contributed by atoms with Crippen LogP contribution in [0.4, 0.5) is 10.1 Å². The fourth-order valence-electron chi connectivity index (χ4n) is 3.13. The first-order valence-corrected chi connectivity index (χ1v) is 12.3. The first-order valence-electron chi connectivity index (χ1n) is 8.95. The molecule has 2 aromatic rings. The van der Waals surface area contributed by atoms with Gasteiger partial charge >= 0.3 is 0 Å². The summed E-state index contributed by atoms with van der Waals surface area (Å²) in [5.74, 6) is -1.55. The van der Waals surface area contributed by atoms with Gasteiger partial charge < -0.3 is 4.90 Å². The van der Waals surface area contributed by atoms with Crippen molar-refractivity contribution in [2.45, 2.75) is 9.79 Å². The van der Waals surface area contributed by atoms with E-state index in [0.717, 1.165) is 40.9 Å². The molecule has 0 radical (unpaired) electrons. The molecule has 13 heteroatoms. The van der Waals surface area contributed by atoms with Gasteiger partial charge in [0.25, 0.3) is 11.6 Å². The van der Waals surface area contributed by atoms with Gasteiger partial charge in [0.1, 0.15) is 10.7 Å². The molecule has 3 rings (SSSR count). The van der Waals surface area contributed by atoms with Gasteiger partial charge in [-0.15, -0.1) is 0 Å². The average Bonchev–Trinajstić information content (AvgIpc) is 2.72. The molecule has 0 unspecified atom stereocenters. The average molecular weight is 471 g/mol. The molecule has 10 nitrogen and oxygen atoms in total. The summed E-state index contributed by atoms with van der Waals surface area (Å²) >= 11 is 0. The van der Waals surface area contributed by atoms with Crippen molar-refractivity contribution in [3.05, 3.63) is 64.0 Å². The number of amides is 1. The number of hydrogen-bond acceptors (Lipinski definition) is 7. The predicted octanol–water partition coefficient (Wildman–Crippen LogP) is 1.28. The number of nitrogens with zero attached hydrogens (tertiary/aromatic N) is 3. The third-order valence-electron chi connectivity index (χ3n) is 4.76. The van der Waals surface area contributed by atoms with Crippen molar-refractivity contribution >= 4 is 31.5 Å². The summed E-state index contributed by atoms with van der Waals surface area (Å²) in [6.07, 6.45) is 0.868. The van der Waals surface area contributed by atoms with Crippen molar-refractivity contribution in [3.63, 3.8) is 0 Å². The molecule has 31 heavy (non-hydrogen) atoms. The summed E-state index contributed by atoms with van der Waals surface area (Å²) < 4.78 is 64.0. The van der Waals surface area contributed by atoms with Crippen molar-refractivity contribution in [2.24, 2.45) is 0 Å². The van der Waals surface area contributed by atoms with Gasteiger partial charge in [0.05, 0.1) is 9.82 Å². The molecule has 166 valence electrons. The van der Waals surface area contributed by atoms with Gasteiger partial charge in [-0.2, -0.15) is 4.31 Å². The van der Waals surface area contributed by atoms with Crippen LogP contribution >= 0.6 is 0 Å². The van der Waals surface area contributed by atoms with E-state index >= 15 is 0 Å². The first-order chi connectivity index (χ1) is 14.4. The maximum absolute atomic E-state index is 13.9. The molecule has 1 aliphatic rings. The number of hydrogen-bond donors (Lipinski definition) is 0. The van der Waals surface area contributed by atoms with E-state index < -0.39 is 47.1 Å². The number of halogens is 1. The van der Waals surface area contributed by atoms with E-state index in [1.165, 1.54) is 17.0 Å². The third kappa shape index (κ3) is 4.73. The Bertz CT molecular complexity index is 1250. The smallest absolute Gasteiger partial charge is 0.271 e. The van der Waals surface area contributed by atoms with E-state index in [4.69, 9.17) is 0 Å². The van der Waals surface area contributed by atoms with E-state index in [-0.39, 0.29) is 36.6 Å². The number of piperazine rings is 1. The number of sulfonamides is 1. The predicted molar refractivity (Wildman–Crippen MR) is 107 cm³/mol. The molecule has 2 aromatic carbocycles. The van der Waals surface area contributed by atoms with E-state index in [0.29, 0.717) is 0 Å². The summed E-state index contributed by atoms with van der Waals surface area (Å²) in [7, 11) is -7.91. The Labute approximate surface area is 178 Å². The molecule has 0 spiro atoms. The zero-order chi connectivity index (χ0) is 23.0. The molecule has 0 aromatic heterocycles. The fraction of sp³-hybridized carbons (Fsp3) is 0.278. The molecule has 1 aliphatic heterocycles. The van der Waals surface area contributed by atoms with Gasteiger partial charge in [0.15, 0.2) is 9.84 Å². The second-order valence-corrected chi connectivity index (χ2v) is 10.8. The van der Waals surface area contributed by atoms with Crippen molar-refractivity contribution in [1.82, 2.24) is 9.21 Å². The number of rotatable bonds is 5. The van der Waals surface area contributed by atoms with Crippen molar-refractivity contribution in [1.29, 1.82) is 0 Å². The lowest BCUT2D eigenvalue weighted by Gasteiger charge is -2.34. The maximum Gasteiger partial charge on any atom is 0.271 e. The second-order valence-electron chi connectivity index (χ2n) is 6.87. The Balaban J connectivity index is 1.82. The molecule has 1 fully saturated rings. The number of carbonyl (C=O) groups excluding carboxylic acids is 1. The Kier molecular flexibility index (Phi) is 6.11. The molecule has 0 aliphatic carbocycles. The molecule has 0 N–H and O–H groups in total. The van der Waals surface area contributed by atoms with Crippen LogP contribution in [-0.4, -0.2) is 69.3 Å². The Morgan fingerprint density at radius 3 is 2.19 bits per heavy atom. The highest BCUT2D eigenvalue weighted by atomic mass is 32.2. The lowest BCUT2D eigenvalue weighted by Crippen LogP contribution is -2.50. The van der Waals surface area contributed by atoms with E-state index in [9.17, 15) is 36.1 Å². The molecule has 0 bridgehead atoms. The van der Waals surface area contributed by atoms with Gasteiger partial charge in [0, 0.05) is 50.1 Å². The molecule has 0 saturated carbocycles. The molecular formula is C18H18FN3O7S2. The third-order valence-corrected chi connectivity index (χ3v) is 7.78. The largest absolute Gasteiger partial charge is 0.336 e. The second kappa shape index (κ2) is 8.32. The summed E-state index contributed by atoms with van der Waals surface area (Å²) in [6.45, 7) is -0.334. The van der Waals surface area contributed by atoms with Crippen molar-refractivity contribution < 1.29 is 30.9 Å². The Morgan fingerprint density at radius 1 is 1.03 bits per heavy atom. The van der Waals surface area contributed by atoms with Crippen LogP contribution < -0.4 is 0 Å². The summed E-state index contributed by atoms with van der Waals surface area (Å²) in [5.41, 5.74) is -0.743. The van der Waals surface area contributed by atoms with Crippen LogP contribution in [0.5, 0.6) is 0 Å². The zero-order valence-corrected chi connectivity index (χ0v) is 17.9. The summed E-state index contributed by atoms with van der Waals surface area (Å²) in [4.78, 5) is 23.6. The number of carbonyl (C=O) groups is 1. The number of nitro groups is 1. The Morgan fingerprint density at radius 2 is 1.65 bits per heavy atom. The van der Waals surface area contributed by atoms with Crippen LogP contribution in [0.2, 0.25) is 0 Å². The van der Waals surface area contributed by atoms with Crippen LogP contribution in [0.15, 0.2) is 52.3 Å². The number of non-ortho nitro benzene ring substituents is 1. The zero-order valence-electron chi connectivity index (χ0n) is 16.3. The minimum atomic E-state index is -4.10. The number of sulfone groups is 1. The number of nitro benzene ring substituents is 1. The van der Waals surface area contributed by atoms with Crippen LogP contribution in [0.25, 0.3) is 0 Å². The van der Waals surface area contributed by atoms with Gasteiger partial charge in [-0.1, -0.05) is 12.1 Å². The van der Waals surface area contributed by atoms with Crippen molar-refractivity contribution in [3.8, 4) is 0 Å². The summed E-state index contributed by atoms with van der Waals surface area (Å²) in [5, 5.41) is 11.1. The summed E-state index contributed by atoms with van der Waals surface area (Å²) in [6, 6.07) is 7.84. The van der Waals surface area contributed by atoms with Gasteiger partial charge in [-0.05, 0) is 18.2 Å². The van der Waals surface area contributed by atoms with E-state index in [2.05, 4.69) is 0 Å². The lowest BCUT2D eigenvalue weighted by molar-refractivity contribution is -0.385. The highest BCUT2D eigenvalue weighted by Crippen LogP contribution is 2.24. The molecule has 1 heterocycles. The standard InChI is InChI=1S/C18H18FN3O7S2/c1-30(26,27)15-11-13(10-14(12-15)22(24)25)18(23)20-6-8-21(9-7-20)31(28,29)17-5-3-2-4-16(17)19/h2-5,10-12H,6-9H2,1H3. The lowest BCUT2D eigenvalue weighted by atomic mass is 10.1. The molecule has 1 amide bonds. The normalized spacial score (nSPS) is 15.6. The first kappa shape index (κ1) is 22.8. The molecule has 1 saturated heterocycles. The van der Waals surface area contributed by atoms with Gasteiger partial charge in [0.2, 0.25) is 10.0 Å². The topological polar surface area (TPSA) is 135 Å². The SMILES string of the molecule is CS(=O)(=O)c1cc(C(=O)N2CCN(S(=O)(=O)c3ccccc3F)CC2)cc([N+](=O)[O-])c1. The quantitative estimate of drug-likeness (QED) is 0.473. The molecule has 0 atom stereocenters. The fourth-order valence-corrected chi connectivity index (χ4v) is 5.30. The van der Waals surface area contributed by atoms with E-state index in [1.807, 2.05) is 0 Å². The van der Waals surface area contributed by atoms with Crippen LogP contribution in [0, 0.1) is 15.9 Å². The minimum Gasteiger partial charge on any atom is -0.336 e. The van der Waals surface area contributed by atoms with Crippen LogP contribution in [0.1, 0.15) is 10.4 Å². The van der Waals surface area contributed by atoms with Crippen LogP contribution in [0.3, 0.4) is 0 Å². The molecular weight excluding hydrogens is 453 g/mol. The maximum atomic E-state index is 13.9. The number of benzene rings is 2. The minimum absolute atomic E-state index is 0.0522. The van der Waals surface area contributed by atoms with Crippen LogP contribution in [-0.2, 0) is 19.9 Å². The monoisotopic (exact) mass is 471 g/mol. The highest BCUT2D eigenvalue weighted by molar-refractivity contribution is 7.90. The highest BCUT2D eigenvalue weighted by Gasteiger charge is 2.32. The van der Waals surface area contributed by atoms with Gasteiger partial charge in [-0.25, -0.2) is 21.2 Å².